The van der Waals surface area contributed by atoms with Crippen molar-refractivity contribution in [1.29, 1.82) is 0 Å². The third kappa shape index (κ3) is 2.37. The lowest BCUT2D eigenvalue weighted by atomic mass is 10.1. The van der Waals surface area contributed by atoms with E-state index in [4.69, 9.17) is 11.6 Å². The maximum Gasteiger partial charge on any atom is 0.227 e. The fourth-order valence-corrected chi connectivity index (χ4v) is 5.03. The Balaban J connectivity index is 1.69. The van der Waals surface area contributed by atoms with Gasteiger partial charge in [0.15, 0.2) is 9.84 Å². The number of amides is 1. The van der Waals surface area contributed by atoms with E-state index >= 15 is 0 Å². The van der Waals surface area contributed by atoms with E-state index in [9.17, 15) is 13.2 Å². The van der Waals surface area contributed by atoms with Crippen molar-refractivity contribution < 1.29 is 13.2 Å². The Labute approximate surface area is 117 Å². The zero-order chi connectivity index (χ0) is 13.6. The summed E-state index contributed by atoms with van der Waals surface area (Å²) in [4.78, 5) is 13.9. The minimum absolute atomic E-state index is 0.00437. The summed E-state index contributed by atoms with van der Waals surface area (Å²) in [6.45, 7) is 0.361. The molecule has 2 unspecified atom stereocenters. The van der Waals surface area contributed by atoms with Crippen LogP contribution in [0.1, 0.15) is 12.0 Å². The van der Waals surface area contributed by atoms with Crippen LogP contribution in [0.25, 0.3) is 0 Å². The molecule has 2 aliphatic rings. The molecule has 2 aliphatic heterocycles. The van der Waals surface area contributed by atoms with Crippen LogP contribution in [0.15, 0.2) is 24.3 Å². The maximum absolute atomic E-state index is 12.2. The van der Waals surface area contributed by atoms with Crippen molar-refractivity contribution >= 4 is 27.3 Å². The van der Waals surface area contributed by atoms with Gasteiger partial charge in [-0.3, -0.25) is 4.79 Å². The van der Waals surface area contributed by atoms with Crippen molar-refractivity contribution in [1.82, 2.24) is 4.90 Å². The third-order valence-corrected chi connectivity index (χ3v) is 6.36. The molecular weight excluding hydrogens is 286 g/mol. The molecule has 1 amide bonds. The summed E-state index contributed by atoms with van der Waals surface area (Å²) in [5.74, 6) is 0.133. The average Bonchev–Trinajstić information content (AvgIpc) is 2.87. The van der Waals surface area contributed by atoms with E-state index in [1.807, 2.05) is 12.1 Å². The van der Waals surface area contributed by atoms with Crippen LogP contribution in [0.5, 0.6) is 0 Å². The average molecular weight is 300 g/mol. The molecular formula is C13H14ClNO3S. The molecule has 2 atom stereocenters. The van der Waals surface area contributed by atoms with Crippen molar-refractivity contribution in [3.63, 3.8) is 0 Å². The van der Waals surface area contributed by atoms with Gasteiger partial charge in [0.1, 0.15) is 0 Å². The normalized spacial score (nSPS) is 27.7. The van der Waals surface area contributed by atoms with Gasteiger partial charge in [0, 0.05) is 17.6 Å². The quantitative estimate of drug-likeness (QED) is 0.826. The van der Waals surface area contributed by atoms with Crippen LogP contribution in [-0.4, -0.2) is 42.8 Å². The van der Waals surface area contributed by atoms with E-state index < -0.39 is 9.84 Å². The van der Waals surface area contributed by atoms with Crippen LogP contribution in [-0.2, 0) is 21.1 Å². The monoisotopic (exact) mass is 299 g/mol. The van der Waals surface area contributed by atoms with Gasteiger partial charge in [-0.05, 0) is 24.1 Å². The van der Waals surface area contributed by atoms with Crippen molar-refractivity contribution in [3.05, 3.63) is 34.9 Å². The summed E-state index contributed by atoms with van der Waals surface area (Å²) < 4.78 is 23.3. The molecule has 102 valence electrons. The Kier molecular flexibility index (Phi) is 3.06. The molecule has 0 spiro atoms. The molecule has 6 heteroatoms. The van der Waals surface area contributed by atoms with Gasteiger partial charge in [-0.2, -0.15) is 0 Å². The van der Waals surface area contributed by atoms with Crippen molar-refractivity contribution in [2.75, 3.05) is 12.3 Å². The number of sulfone groups is 1. The number of fused-ring (bicyclic) bond motifs is 2. The minimum Gasteiger partial charge on any atom is -0.337 e. The van der Waals surface area contributed by atoms with Gasteiger partial charge in [0.2, 0.25) is 5.91 Å². The lowest BCUT2D eigenvalue weighted by Crippen LogP contribution is -2.44. The van der Waals surface area contributed by atoms with Crippen LogP contribution < -0.4 is 0 Å². The molecule has 4 nitrogen and oxygen atoms in total. The predicted molar refractivity (Wildman–Crippen MR) is 72.8 cm³/mol. The lowest BCUT2D eigenvalue weighted by Gasteiger charge is -2.26. The summed E-state index contributed by atoms with van der Waals surface area (Å²) >= 11 is 5.80. The van der Waals surface area contributed by atoms with Crippen LogP contribution in [0, 0.1) is 0 Å². The van der Waals surface area contributed by atoms with Crippen LogP contribution in [0.4, 0.5) is 0 Å². The van der Waals surface area contributed by atoms with Crippen molar-refractivity contribution in [2.45, 2.75) is 24.1 Å². The number of carbonyl (C=O) groups is 1. The second-order valence-electron chi connectivity index (χ2n) is 5.19. The molecule has 3 rings (SSSR count). The van der Waals surface area contributed by atoms with E-state index in [1.54, 1.807) is 17.0 Å². The van der Waals surface area contributed by atoms with Gasteiger partial charge in [-0.1, -0.05) is 23.7 Å². The zero-order valence-electron chi connectivity index (χ0n) is 10.3. The van der Waals surface area contributed by atoms with Gasteiger partial charge >= 0.3 is 0 Å². The second-order valence-corrected chi connectivity index (χ2v) is 7.95. The lowest BCUT2D eigenvalue weighted by molar-refractivity contribution is -0.131. The highest BCUT2D eigenvalue weighted by Gasteiger charge is 2.49. The SMILES string of the molecule is O=C(Cc1ccc(Cl)cc1)N1CC2CC1CS2(=O)=O. The second kappa shape index (κ2) is 4.49. The van der Waals surface area contributed by atoms with E-state index in [1.165, 1.54) is 0 Å². The standard InChI is InChI=1S/C13H14ClNO3S/c14-10-3-1-9(2-4-10)5-13(16)15-7-12-6-11(15)8-19(12,17)18/h1-4,11-12H,5-8H2. The van der Waals surface area contributed by atoms with Gasteiger partial charge in [0.25, 0.3) is 0 Å². The molecule has 2 bridgehead atoms. The van der Waals surface area contributed by atoms with Gasteiger partial charge in [0.05, 0.1) is 17.4 Å². The Morgan fingerprint density at radius 1 is 1.32 bits per heavy atom. The number of benzene rings is 1. The van der Waals surface area contributed by atoms with Crippen molar-refractivity contribution in [2.24, 2.45) is 0 Å². The summed E-state index contributed by atoms with van der Waals surface area (Å²) in [5, 5.41) is 0.300. The molecule has 0 aliphatic carbocycles. The molecule has 2 fully saturated rings. The van der Waals surface area contributed by atoms with E-state index in [-0.39, 0.29) is 23.0 Å². The van der Waals surface area contributed by atoms with Crippen LogP contribution in [0.3, 0.4) is 0 Å². The maximum atomic E-state index is 12.2. The molecule has 0 N–H and O–H groups in total. The number of hydrogen-bond acceptors (Lipinski definition) is 3. The van der Waals surface area contributed by atoms with Crippen LogP contribution >= 0.6 is 11.6 Å². The summed E-state index contributed by atoms with van der Waals surface area (Å²) in [7, 11) is -2.94. The van der Waals surface area contributed by atoms with Gasteiger partial charge in [-0.15, -0.1) is 0 Å². The Bertz CT molecular complexity index is 611. The molecule has 1 aromatic carbocycles. The highest BCUT2D eigenvalue weighted by molar-refractivity contribution is 7.92. The van der Waals surface area contributed by atoms with Gasteiger partial charge < -0.3 is 4.90 Å². The number of carbonyl (C=O) groups excluding carboxylic acids is 1. The Hall–Kier alpha value is -1.07. The first-order valence-electron chi connectivity index (χ1n) is 6.21. The number of nitrogens with zero attached hydrogens (tertiary/aromatic N) is 1. The molecule has 2 saturated heterocycles. The molecule has 0 saturated carbocycles. The molecule has 2 heterocycles. The van der Waals surface area contributed by atoms with Gasteiger partial charge in [-0.25, -0.2) is 8.42 Å². The number of rotatable bonds is 2. The molecule has 19 heavy (non-hydrogen) atoms. The zero-order valence-corrected chi connectivity index (χ0v) is 11.8. The number of hydrogen-bond donors (Lipinski definition) is 0. The fourth-order valence-electron chi connectivity index (χ4n) is 2.88. The topological polar surface area (TPSA) is 54.5 Å². The Morgan fingerprint density at radius 3 is 2.53 bits per heavy atom. The van der Waals surface area contributed by atoms with E-state index in [0.29, 0.717) is 24.4 Å². The van der Waals surface area contributed by atoms with E-state index in [2.05, 4.69) is 0 Å². The Morgan fingerprint density at radius 2 is 2.00 bits per heavy atom. The number of likely N-dealkylation sites (tertiary alicyclic amines) is 1. The summed E-state index contributed by atoms with van der Waals surface area (Å²) in [6, 6.07) is 7.04. The summed E-state index contributed by atoms with van der Waals surface area (Å²) in [6.07, 6.45) is 0.912. The molecule has 0 aromatic heterocycles. The molecule has 1 aromatic rings. The first-order valence-corrected chi connectivity index (χ1v) is 8.30. The van der Waals surface area contributed by atoms with Crippen molar-refractivity contribution in [3.8, 4) is 0 Å². The predicted octanol–water partition coefficient (Wildman–Crippen LogP) is 1.28. The third-order valence-electron chi connectivity index (χ3n) is 3.90. The smallest absolute Gasteiger partial charge is 0.227 e. The summed E-state index contributed by atoms with van der Waals surface area (Å²) in [5.41, 5.74) is 0.903. The first-order chi connectivity index (χ1) is 8.95. The van der Waals surface area contributed by atoms with E-state index in [0.717, 1.165) is 5.56 Å². The number of halogens is 1. The van der Waals surface area contributed by atoms with Crippen LogP contribution in [0.2, 0.25) is 5.02 Å². The minimum atomic E-state index is -2.94. The largest absolute Gasteiger partial charge is 0.337 e. The first kappa shape index (κ1) is 12.9. The molecule has 0 radical (unpaired) electrons. The highest BCUT2D eigenvalue weighted by atomic mass is 35.5. The highest BCUT2D eigenvalue weighted by Crippen LogP contribution is 2.33. The fraction of sp³-hybridized carbons (Fsp3) is 0.462.